The number of hydrogen-bond acceptors (Lipinski definition) is 3. The Kier molecular flexibility index (Phi) is 7.38. The van der Waals surface area contributed by atoms with Crippen molar-refractivity contribution in [3.05, 3.63) is 33.3 Å². The van der Waals surface area contributed by atoms with E-state index in [1.54, 1.807) is 0 Å². The van der Waals surface area contributed by atoms with Gasteiger partial charge in [0.15, 0.2) is 5.84 Å². The van der Waals surface area contributed by atoms with Gasteiger partial charge in [0, 0.05) is 29.3 Å². The molecular formula is C13H18BrClN2O2. The molecule has 0 bridgehead atoms. The highest BCUT2D eigenvalue weighted by Gasteiger charge is 2.14. The molecule has 0 aliphatic rings. The van der Waals surface area contributed by atoms with Crippen molar-refractivity contribution in [2.45, 2.75) is 26.7 Å². The summed E-state index contributed by atoms with van der Waals surface area (Å²) in [6.07, 6.45) is -0.649. The van der Waals surface area contributed by atoms with Gasteiger partial charge in [0.05, 0.1) is 0 Å². The van der Waals surface area contributed by atoms with Crippen LogP contribution in [0.3, 0.4) is 0 Å². The highest BCUT2D eigenvalue weighted by molar-refractivity contribution is 9.10. The summed E-state index contributed by atoms with van der Waals surface area (Å²) < 4.78 is 11.6. The Morgan fingerprint density at radius 2 is 2.00 bits per heavy atom. The molecular weight excluding hydrogens is 332 g/mol. The van der Waals surface area contributed by atoms with Gasteiger partial charge in [0.1, 0.15) is 0 Å². The maximum atomic E-state index is 7.90. The molecule has 0 saturated heterocycles. The summed E-state index contributed by atoms with van der Waals surface area (Å²) in [5, 5.41) is 11.5. The van der Waals surface area contributed by atoms with E-state index in [4.69, 9.17) is 26.5 Å². The first-order chi connectivity index (χ1) is 9.08. The maximum Gasteiger partial charge on any atom is 0.216 e. The summed E-state index contributed by atoms with van der Waals surface area (Å²) >= 11 is 9.47. The number of amidine groups is 1. The van der Waals surface area contributed by atoms with Gasteiger partial charge in [-0.3, -0.25) is 5.41 Å². The van der Waals surface area contributed by atoms with Crippen molar-refractivity contribution in [2.24, 2.45) is 0 Å². The molecule has 0 amide bonds. The summed E-state index contributed by atoms with van der Waals surface area (Å²) in [5.74, 6) is 0.197. The fourth-order valence-corrected chi connectivity index (χ4v) is 2.20. The lowest BCUT2D eigenvalue weighted by Gasteiger charge is -2.19. The molecule has 0 radical (unpaired) electrons. The van der Waals surface area contributed by atoms with Crippen LogP contribution in [0.1, 0.15) is 19.4 Å². The number of nitrogens with one attached hydrogen (secondary N) is 2. The summed E-state index contributed by atoms with van der Waals surface area (Å²) in [4.78, 5) is 0. The molecule has 0 aliphatic heterocycles. The van der Waals surface area contributed by atoms with E-state index in [1.165, 1.54) is 0 Å². The van der Waals surface area contributed by atoms with E-state index < -0.39 is 6.29 Å². The van der Waals surface area contributed by atoms with Crippen LogP contribution < -0.4 is 5.32 Å². The topological polar surface area (TPSA) is 54.3 Å². The number of benzene rings is 1. The van der Waals surface area contributed by atoms with Crippen LogP contribution in [0.5, 0.6) is 0 Å². The van der Waals surface area contributed by atoms with Crippen molar-refractivity contribution >= 4 is 33.4 Å². The van der Waals surface area contributed by atoms with Gasteiger partial charge in [0.2, 0.25) is 6.29 Å². The van der Waals surface area contributed by atoms with Gasteiger partial charge < -0.3 is 14.8 Å². The van der Waals surface area contributed by atoms with E-state index >= 15 is 0 Å². The molecule has 19 heavy (non-hydrogen) atoms. The number of ether oxygens (including phenoxy) is 2. The standard InChI is InChI=1S/C13H18BrClN2O2/c1-3-18-13(19-4-2)12(16)17-8-9-5-6-10(14)7-11(9)15/h5-7,13H,3-4,8H2,1-2H3,(H2,16,17). The van der Waals surface area contributed by atoms with Crippen LogP contribution in [0.2, 0.25) is 5.02 Å². The van der Waals surface area contributed by atoms with Crippen LogP contribution in [0.15, 0.2) is 22.7 Å². The second-order valence-electron chi connectivity index (χ2n) is 3.75. The van der Waals surface area contributed by atoms with Crippen LogP contribution in [0.4, 0.5) is 0 Å². The molecule has 0 saturated carbocycles. The minimum Gasteiger partial charge on any atom is -0.366 e. The van der Waals surface area contributed by atoms with Gasteiger partial charge in [0.25, 0.3) is 0 Å². The molecule has 0 heterocycles. The van der Waals surface area contributed by atoms with Crippen LogP contribution in [0.25, 0.3) is 0 Å². The first-order valence-corrected chi connectivity index (χ1v) is 7.25. The lowest BCUT2D eigenvalue weighted by Crippen LogP contribution is -2.37. The molecule has 0 aliphatic carbocycles. The predicted molar refractivity (Wildman–Crippen MR) is 80.8 cm³/mol. The fraction of sp³-hybridized carbons (Fsp3) is 0.462. The third-order valence-corrected chi connectivity index (χ3v) is 3.20. The van der Waals surface area contributed by atoms with Gasteiger partial charge in [-0.2, -0.15) is 0 Å². The lowest BCUT2D eigenvalue weighted by atomic mass is 10.2. The van der Waals surface area contributed by atoms with E-state index in [9.17, 15) is 0 Å². The van der Waals surface area contributed by atoms with Crippen LogP contribution >= 0.6 is 27.5 Å². The molecule has 2 N–H and O–H groups in total. The monoisotopic (exact) mass is 348 g/mol. The van der Waals surface area contributed by atoms with Crippen molar-refractivity contribution in [1.29, 1.82) is 5.41 Å². The number of hydrogen-bond donors (Lipinski definition) is 2. The van der Waals surface area contributed by atoms with Gasteiger partial charge in [-0.1, -0.05) is 33.6 Å². The van der Waals surface area contributed by atoms with Gasteiger partial charge in [-0.05, 0) is 31.5 Å². The zero-order chi connectivity index (χ0) is 14.3. The van der Waals surface area contributed by atoms with E-state index in [0.717, 1.165) is 10.0 Å². The smallest absolute Gasteiger partial charge is 0.216 e. The van der Waals surface area contributed by atoms with E-state index in [2.05, 4.69) is 21.2 Å². The van der Waals surface area contributed by atoms with E-state index in [1.807, 2.05) is 32.0 Å². The summed E-state index contributed by atoms with van der Waals surface area (Å²) in [5.41, 5.74) is 0.918. The Hall–Kier alpha value is -0.620. The van der Waals surface area contributed by atoms with Crippen molar-refractivity contribution in [3.8, 4) is 0 Å². The average molecular weight is 350 g/mol. The van der Waals surface area contributed by atoms with E-state index in [0.29, 0.717) is 24.8 Å². The first-order valence-electron chi connectivity index (χ1n) is 6.07. The zero-order valence-electron chi connectivity index (χ0n) is 11.0. The maximum absolute atomic E-state index is 7.90. The Bertz CT molecular complexity index is 423. The van der Waals surface area contributed by atoms with Crippen molar-refractivity contribution in [3.63, 3.8) is 0 Å². The van der Waals surface area contributed by atoms with Crippen LogP contribution in [-0.4, -0.2) is 25.3 Å². The zero-order valence-corrected chi connectivity index (χ0v) is 13.3. The molecule has 1 rings (SSSR count). The minimum absolute atomic E-state index is 0.197. The second kappa shape index (κ2) is 8.53. The Balaban J connectivity index is 2.56. The molecule has 1 aromatic rings. The highest BCUT2D eigenvalue weighted by Crippen LogP contribution is 2.21. The third kappa shape index (κ3) is 5.48. The Labute approximate surface area is 127 Å². The van der Waals surface area contributed by atoms with Gasteiger partial charge >= 0.3 is 0 Å². The largest absolute Gasteiger partial charge is 0.366 e. The average Bonchev–Trinajstić information content (AvgIpc) is 2.37. The van der Waals surface area contributed by atoms with Crippen molar-refractivity contribution in [1.82, 2.24) is 5.32 Å². The Morgan fingerprint density at radius 3 is 2.53 bits per heavy atom. The molecule has 1 aromatic carbocycles. The fourth-order valence-electron chi connectivity index (χ4n) is 1.46. The second-order valence-corrected chi connectivity index (χ2v) is 5.07. The Morgan fingerprint density at radius 1 is 1.37 bits per heavy atom. The van der Waals surface area contributed by atoms with Crippen LogP contribution in [-0.2, 0) is 16.0 Å². The quantitative estimate of drug-likeness (QED) is 0.449. The third-order valence-electron chi connectivity index (χ3n) is 2.36. The predicted octanol–water partition coefficient (Wildman–Crippen LogP) is 3.57. The SMILES string of the molecule is CCOC(OCC)C(=N)NCc1ccc(Br)cc1Cl. The number of rotatable bonds is 7. The molecule has 6 heteroatoms. The molecule has 0 atom stereocenters. The molecule has 0 spiro atoms. The molecule has 0 aromatic heterocycles. The number of halogens is 2. The molecule has 0 fully saturated rings. The molecule has 106 valence electrons. The van der Waals surface area contributed by atoms with Gasteiger partial charge in [-0.15, -0.1) is 0 Å². The van der Waals surface area contributed by atoms with E-state index in [-0.39, 0.29) is 5.84 Å². The van der Waals surface area contributed by atoms with Crippen molar-refractivity contribution in [2.75, 3.05) is 13.2 Å². The van der Waals surface area contributed by atoms with Crippen LogP contribution in [0, 0.1) is 5.41 Å². The highest BCUT2D eigenvalue weighted by atomic mass is 79.9. The molecule has 0 unspecified atom stereocenters. The first kappa shape index (κ1) is 16.4. The normalized spacial score (nSPS) is 10.8. The summed E-state index contributed by atoms with van der Waals surface area (Å²) in [6, 6.07) is 5.64. The lowest BCUT2D eigenvalue weighted by molar-refractivity contribution is -0.0923. The minimum atomic E-state index is -0.649. The summed E-state index contributed by atoms with van der Waals surface area (Å²) in [6.45, 7) is 5.18. The molecule has 4 nitrogen and oxygen atoms in total. The van der Waals surface area contributed by atoms with Gasteiger partial charge in [-0.25, -0.2) is 0 Å². The van der Waals surface area contributed by atoms with Crippen molar-refractivity contribution < 1.29 is 9.47 Å². The summed E-state index contributed by atoms with van der Waals surface area (Å²) in [7, 11) is 0.